The molecule has 1 fully saturated rings. The van der Waals surface area contributed by atoms with Crippen molar-refractivity contribution >= 4 is 8.24 Å². The van der Waals surface area contributed by atoms with Crippen LogP contribution in [0.2, 0.25) is 13.1 Å². The molecule has 0 unspecified atom stereocenters. The van der Waals surface area contributed by atoms with E-state index in [1.807, 2.05) is 0 Å². The lowest BCUT2D eigenvalue weighted by atomic mass is 9.96. The van der Waals surface area contributed by atoms with Crippen molar-refractivity contribution < 1.29 is 0 Å². The van der Waals surface area contributed by atoms with Crippen molar-refractivity contribution in [1.82, 2.24) is 4.98 Å². The normalized spacial score (nSPS) is 23.2. The lowest BCUT2D eigenvalue weighted by Gasteiger charge is -2.33. The summed E-state index contributed by atoms with van der Waals surface area (Å²) in [5, 5.41) is 1.67. The highest BCUT2D eigenvalue weighted by Crippen LogP contribution is 2.24. The quantitative estimate of drug-likeness (QED) is 0.719. The summed E-state index contributed by atoms with van der Waals surface area (Å²) < 4.78 is 0. The first kappa shape index (κ1) is 11.2. The molecule has 0 atom stereocenters. The molecule has 84 valence electrons. The van der Waals surface area contributed by atoms with Crippen LogP contribution in [0.25, 0.3) is 0 Å². The molecule has 0 aromatic heterocycles. The van der Waals surface area contributed by atoms with E-state index in [-0.39, 0.29) is 0 Å². The number of hydrogen-bond donors (Lipinski definition) is 1. The Morgan fingerprint density at radius 3 is 2.53 bits per heavy atom. The highest BCUT2D eigenvalue weighted by molar-refractivity contribution is 6.82. The van der Waals surface area contributed by atoms with Gasteiger partial charge < -0.3 is 4.98 Å². The molecule has 0 bridgehead atoms. The molecule has 1 saturated carbocycles. The van der Waals surface area contributed by atoms with Gasteiger partial charge in [0, 0.05) is 6.04 Å². The van der Waals surface area contributed by atoms with Crippen molar-refractivity contribution in [3.05, 3.63) is 23.4 Å². The molecular formula is C13H23NSi. The van der Waals surface area contributed by atoms with Crippen LogP contribution in [0.5, 0.6) is 0 Å². The molecule has 0 aromatic carbocycles. The van der Waals surface area contributed by atoms with E-state index in [2.05, 4.69) is 36.3 Å². The Kier molecular flexibility index (Phi) is 3.47. The standard InChI is InChI=1S/C13H23NSi/c1-15(2,13-10-6-7-11-13)14-12-8-4-3-5-9-12/h6-7,10,12,14H,3-5,8-9,11H2,1-2H3. The van der Waals surface area contributed by atoms with Crippen LogP contribution in [0.4, 0.5) is 0 Å². The van der Waals surface area contributed by atoms with Crippen LogP contribution in [0.3, 0.4) is 0 Å². The number of hydrogen-bond acceptors (Lipinski definition) is 1. The Morgan fingerprint density at radius 1 is 1.20 bits per heavy atom. The summed E-state index contributed by atoms with van der Waals surface area (Å²) >= 11 is 0. The molecule has 0 aromatic rings. The van der Waals surface area contributed by atoms with Gasteiger partial charge >= 0.3 is 0 Å². The molecule has 1 nitrogen and oxygen atoms in total. The van der Waals surface area contributed by atoms with Crippen molar-refractivity contribution in [2.24, 2.45) is 0 Å². The maximum absolute atomic E-state index is 3.97. The van der Waals surface area contributed by atoms with Crippen LogP contribution < -0.4 is 4.98 Å². The topological polar surface area (TPSA) is 12.0 Å². The molecule has 0 radical (unpaired) electrons. The monoisotopic (exact) mass is 221 g/mol. The predicted octanol–water partition coefficient (Wildman–Crippen LogP) is 3.54. The van der Waals surface area contributed by atoms with Gasteiger partial charge in [-0.3, -0.25) is 0 Å². The van der Waals surface area contributed by atoms with E-state index < -0.39 is 8.24 Å². The van der Waals surface area contributed by atoms with Gasteiger partial charge in [-0.05, 0) is 19.3 Å². The van der Waals surface area contributed by atoms with E-state index in [4.69, 9.17) is 0 Å². The van der Waals surface area contributed by atoms with Gasteiger partial charge in [0.25, 0.3) is 0 Å². The van der Waals surface area contributed by atoms with E-state index in [0.717, 1.165) is 6.04 Å². The van der Waals surface area contributed by atoms with Crippen molar-refractivity contribution in [2.45, 2.75) is 57.7 Å². The molecule has 2 aliphatic rings. The SMILES string of the molecule is C[Si](C)(NC1CCCCC1)C1=CC=CC1. The van der Waals surface area contributed by atoms with Gasteiger partial charge in [-0.1, -0.05) is 55.8 Å². The highest BCUT2D eigenvalue weighted by Gasteiger charge is 2.29. The molecule has 1 N–H and O–H groups in total. The number of allylic oxidation sites excluding steroid dienone is 4. The van der Waals surface area contributed by atoms with Gasteiger partial charge in [0.1, 0.15) is 8.24 Å². The Balaban J connectivity index is 1.91. The largest absolute Gasteiger partial charge is 0.331 e. The second kappa shape index (κ2) is 4.66. The van der Waals surface area contributed by atoms with Crippen molar-refractivity contribution in [3.63, 3.8) is 0 Å². The zero-order chi connectivity index (χ0) is 10.7. The second-order valence-corrected chi connectivity index (χ2v) is 9.61. The van der Waals surface area contributed by atoms with Crippen LogP contribution in [0.1, 0.15) is 38.5 Å². The van der Waals surface area contributed by atoms with E-state index >= 15 is 0 Å². The molecule has 0 aliphatic heterocycles. The fourth-order valence-electron chi connectivity index (χ4n) is 2.76. The molecule has 0 spiro atoms. The molecule has 15 heavy (non-hydrogen) atoms. The first-order chi connectivity index (χ1) is 7.18. The van der Waals surface area contributed by atoms with Gasteiger partial charge in [-0.15, -0.1) is 0 Å². The minimum absolute atomic E-state index is 0.807. The van der Waals surface area contributed by atoms with Crippen molar-refractivity contribution in [1.29, 1.82) is 0 Å². The van der Waals surface area contributed by atoms with Gasteiger partial charge in [0.15, 0.2) is 0 Å². The summed E-state index contributed by atoms with van der Waals surface area (Å²) in [6, 6.07) is 0.807. The molecule has 0 amide bonds. The smallest absolute Gasteiger partial charge is 0.147 e. The predicted molar refractivity (Wildman–Crippen MR) is 69.3 cm³/mol. The fraction of sp³-hybridized carbons (Fsp3) is 0.692. The summed E-state index contributed by atoms with van der Waals surface area (Å²) in [5.41, 5.74) is 0. The van der Waals surface area contributed by atoms with Crippen LogP contribution in [0, 0.1) is 0 Å². The average Bonchev–Trinajstić information content (AvgIpc) is 2.71. The lowest BCUT2D eigenvalue weighted by Crippen LogP contribution is -2.52. The number of nitrogens with one attached hydrogen (secondary N) is 1. The second-order valence-electron chi connectivity index (χ2n) is 5.43. The van der Waals surface area contributed by atoms with Gasteiger partial charge in [0.05, 0.1) is 0 Å². The van der Waals surface area contributed by atoms with Crippen molar-refractivity contribution in [3.8, 4) is 0 Å². The van der Waals surface area contributed by atoms with Crippen molar-refractivity contribution in [2.75, 3.05) is 0 Å². The fourth-order valence-corrected chi connectivity index (χ4v) is 5.40. The summed E-state index contributed by atoms with van der Waals surface area (Å²) in [4.78, 5) is 3.97. The summed E-state index contributed by atoms with van der Waals surface area (Å²) in [5.74, 6) is 0. The van der Waals surface area contributed by atoms with E-state index in [1.54, 1.807) is 5.20 Å². The molecule has 2 aliphatic carbocycles. The first-order valence-corrected chi connectivity index (χ1v) is 9.32. The summed E-state index contributed by atoms with van der Waals surface area (Å²) in [6.45, 7) is 4.92. The van der Waals surface area contributed by atoms with Crippen LogP contribution in [-0.4, -0.2) is 14.3 Å². The number of rotatable bonds is 3. The summed E-state index contributed by atoms with van der Waals surface area (Å²) in [7, 11) is -1.31. The Hall–Kier alpha value is -0.343. The molecule has 0 heterocycles. The maximum Gasteiger partial charge on any atom is 0.147 e. The molecule has 2 heteroatoms. The van der Waals surface area contributed by atoms with Crippen LogP contribution in [-0.2, 0) is 0 Å². The maximum atomic E-state index is 3.97. The third kappa shape index (κ3) is 2.82. The lowest BCUT2D eigenvalue weighted by molar-refractivity contribution is 0.414. The molecule has 0 saturated heterocycles. The van der Waals surface area contributed by atoms with Gasteiger partial charge in [-0.25, -0.2) is 0 Å². The molecular weight excluding hydrogens is 198 g/mol. The third-order valence-corrected chi connectivity index (χ3v) is 6.85. The summed E-state index contributed by atoms with van der Waals surface area (Å²) in [6.07, 6.45) is 15.1. The van der Waals surface area contributed by atoms with Gasteiger partial charge in [-0.2, -0.15) is 0 Å². The van der Waals surface area contributed by atoms with E-state index in [9.17, 15) is 0 Å². The van der Waals surface area contributed by atoms with Crippen LogP contribution in [0.15, 0.2) is 23.4 Å². The molecule has 2 rings (SSSR count). The minimum Gasteiger partial charge on any atom is -0.331 e. The van der Waals surface area contributed by atoms with Crippen LogP contribution >= 0.6 is 0 Å². The zero-order valence-electron chi connectivity index (χ0n) is 10.1. The van der Waals surface area contributed by atoms with E-state index in [1.165, 1.54) is 38.5 Å². The van der Waals surface area contributed by atoms with E-state index in [0.29, 0.717) is 0 Å². The Morgan fingerprint density at radius 2 is 1.93 bits per heavy atom. The third-order valence-electron chi connectivity index (χ3n) is 3.74. The Bertz CT molecular complexity index is 272. The van der Waals surface area contributed by atoms with Gasteiger partial charge in [0.2, 0.25) is 0 Å². The minimum atomic E-state index is -1.31. The zero-order valence-corrected chi connectivity index (χ0v) is 11.1. The first-order valence-electron chi connectivity index (χ1n) is 6.32. The average molecular weight is 221 g/mol. The Labute approximate surface area is 94.7 Å². The highest BCUT2D eigenvalue weighted by atomic mass is 28.3.